The van der Waals surface area contributed by atoms with Gasteiger partial charge in [0.2, 0.25) is 0 Å². The van der Waals surface area contributed by atoms with Crippen molar-refractivity contribution in [3.05, 3.63) is 28.2 Å². The molecule has 1 aliphatic carbocycles. The quantitative estimate of drug-likeness (QED) is 0.852. The van der Waals surface area contributed by atoms with Crippen molar-refractivity contribution in [2.24, 2.45) is 5.92 Å². The van der Waals surface area contributed by atoms with Crippen LogP contribution >= 0.6 is 15.9 Å². The summed E-state index contributed by atoms with van der Waals surface area (Å²) in [6.45, 7) is 2.92. The van der Waals surface area contributed by atoms with Crippen molar-refractivity contribution in [3.63, 3.8) is 0 Å². The van der Waals surface area contributed by atoms with Crippen LogP contribution in [0.3, 0.4) is 0 Å². The summed E-state index contributed by atoms with van der Waals surface area (Å²) >= 11 is 3.41. The Morgan fingerprint density at radius 2 is 2.12 bits per heavy atom. The highest BCUT2D eigenvalue weighted by atomic mass is 79.9. The molecule has 1 aromatic carbocycles. The first-order valence-corrected chi connectivity index (χ1v) is 7.11. The maximum atomic E-state index is 6.01. The minimum Gasteiger partial charge on any atom is -0.398 e. The third-order valence-corrected chi connectivity index (χ3v) is 4.09. The third kappa shape index (κ3) is 3.46. The summed E-state index contributed by atoms with van der Waals surface area (Å²) in [6, 6.07) is 5.98. The molecule has 17 heavy (non-hydrogen) atoms. The van der Waals surface area contributed by atoms with E-state index in [-0.39, 0.29) is 0 Å². The minimum absolute atomic E-state index is 0.409. The number of anilines is 1. The average Bonchev–Trinajstić information content (AvgIpc) is 2.30. The fourth-order valence-corrected chi connectivity index (χ4v) is 2.80. The van der Waals surface area contributed by atoms with E-state index in [9.17, 15) is 0 Å². The van der Waals surface area contributed by atoms with Gasteiger partial charge in [-0.1, -0.05) is 41.8 Å². The number of rotatable bonds is 3. The lowest BCUT2D eigenvalue weighted by Crippen LogP contribution is -2.25. The van der Waals surface area contributed by atoms with Gasteiger partial charge < -0.3 is 10.5 Å². The fourth-order valence-electron chi connectivity index (χ4n) is 2.42. The van der Waals surface area contributed by atoms with Crippen LogP contribution in [0.15, 0.2) is 22.7 Å². The van der Waals surface area contributed by atoms with Crippen molar-refractivity contribution in [3.8, 4) is 0 Å². The van der Waals surface area contributed by atoms with E-state index in [1.165, 1.54) is 25.7 Å². The van der Waals surface area contributed by atoms with E-state index in [4.69, 9.17) is 10.5 Å². The van der Waals surface area contributed by atoms with Crippen LogP contribution in [0, 0.1) is 5.92 Å². The molecule has 2 N–H and O–H groups in total. The second kappa shape index (κ2) is 5.87. The van der Waals surface area contributed by atoms with E-state index in [1.807, 2.05) is 18.2 Å². The number of nitrogen functional groups attached to an aromatic ring is 1. The van der Waals surface area contributed by atoms with Crippen LogP contribution in [0.5, 0.6) is 0 Å². The summed E-state index contributed by atoms with van der Waals surface area (Å²) in [5, 5.41) is 0. The van der Waals surface area contributed by atoms with Gasteiger partial charge in [0.1, 0.15) is 0 Å². The van der Waals surface area contributed by atoms with Crippen molar-refractivity contribution in [2.75, 3.05) is 5.73 Å². The van der Waals surface area contributed by atoms with E-state index < -0.39 is 0 Å². The molecule has 2 rings (SSSR count). The maximum absolute atomic E-state index is 6.01. The second-order valence-corrected chi connectivity index (χ2v) is 5.87. The summed E-state index contributed by atoms with van der Waals surface area (Å²) in [7, 11) is 0. The Morgan fingerprint density at radius 1 is 1.35 bits per heavy atom. The van der Waals surface area contributed by atoms with Gasteiger partial charge in [-0.25, -0.2) is 0 Å². The van der Waals surface area contributed by atoms with Gasteiger partial charge in [-0.15, -0.1) is 0 Å². The molecule has 0 amide bonds. The Bertz CT molecular complexity index is 380. The summed E-state index contributed by atoms with van der Waals surface area (Å²) in [4.78, 5) is 0. The Kier molecular flexibility index (Phi) is 4.46. The van der Waals surface area contributed by atoms with E-state index in [0.717, 1.165) is 15.7 Å². The molecule has 2 nitrogen and oxygen atoms in total. The Labute approximate surface area is 112 Å². The molecule has 0 aliphatic heterocycles. The zero-order valence-corrected chi connectivity index (χ0v) is 11.9. The fraction of sp³-hybridized carbons (Fsp3) is 0.571. The van der Waals surface area contributed by atoms with Gasteiger partial charge in [-0.3, -0.25) is 0 Å². The van der Waals surface area contributed by atoms with Gasteiger partial charge in [0.25, 0.3) is 0 Å². The smallest absolute Gasteiger partial charge is 0.0740 e. The first-order valence-electron chi connectivity index (χ1n) is 6.32. The highest BCUT2D eigenvalue weighted by Gasteiger charge is 2.21. The summed E-state index contributed by atoms with van der Waals surface area (Å²) in [5.41, 5.74) is 7.86. The van der Waals surface area contributed by atoms with Crippen molar-refractivity contribution in [2.45, 2.75) is 45.3 Å². The average molecular weight is 298 g/mol. The molecule has 1 aromatic rings. The molecule has 3 heteroatoms. The predicted octanol–water partition coefficient (Wildman–Crippen LogP) is 4.13. The molecule has 0 heterocycles. The van der Waals surface area contributed by atoms with Crippen molar-refractivity contribution >= 4 is 21.6 Å². The number of hydrogen-bond acceptors (Lipinski definition) is 2. The number of benzene rings is 1. The Morgan fingerprint density at radius 3 is 2.82 bits per heavy atom. The van der Waals surface area contributed by atoms with E-state index in [2.05, 4.69) is 22.9 Å². The molecule has 94 valence electrons. The van der Waals surface area contributed by atoms with E-state index >= 15 is 0 Å². The molecular formula is C14H20BrNO. The second-order valence-electron chi connectivity index (χ2n) is 4.95. The van der Waals surface area contributed by atoms with Gasteiger partial charge >= 0.3 is 0 Å². The largest absolute Gasteiger partial charge is 0.398 e. The lowest BCUT2D eigenvalue weighted by molar-refractivity contribution is -0.0152. The van der Waals surface area contributed by atoms with Crippen LogP contribution in [0.25, 0.3) is 0 Å². The minimum atomic E-state index is 0.409. The van der Waals surface area contributed by atoms with E-state index in [1.54, 1.807) is 0 Å². The van der Waals surface area contributed by atoms with Gasteiger partial charge in [0.15, 0.2) is 0 Å². The standard InChI is InChI=1S/C14H20BrNO/c1-10-4-2-3-5-14(10)17-9-11-6-7-12(15)8-13(11)16/h6-8,10,14H,2-5,9,16H2,1H3. The zero-order valence-electron chi connectivity index (χ0n) is 10.3. The maximum Gasteiger partial charge on any atom is 0.0740 e. The Hall–Kier alpha value is -0.540. The predicted molar refractivity (Wildman–Crippen MR) is 74.8 cm³/mol. The van der Waals surface area contributed by atoms with E-state index in [0.29, 0.717) is 18.6 Å². The van der Waals surface area contributed by atoms with Crippen molar-refractivity contribution < 1.29 is 4.74 Å². The van der Waals surface area contributed by atoms with Gasteiger partial charge in [0, 0.05) is 15.7 Å². The molecule has 0 saturated heterocycles. The molecule has 0 radical (unpaired) electrons. The summed E-state index contributed by atoms with van der Waals surface area (Å²) in [6.07, 6.45) is 5.54. The summed E-state index contributed by atoms with van der Waals surface area (Å²) < 4.78 is 7.02. The van der Waals surface area contributed by atoms with Crippen LogP contribution in [-0.4, -0.2) is 6.10 Å². The first-order chi connectivity index (χ1) is 8.16. The molecule has 1 aliphatic rings. The highest BCUT2D eigenvalue weighted by Crippen LogP contribution is 2.28. The topological polar surface area (TPSA) is 35.2 Å². The molecule has 0 aromatic heterocycles. The van der Waals surface area contributed by atoms with Crippen molar-refractivity contribution in [1.82, 2.24) is 0 Å². The van der Waals surface area contributed by atoms with Gasteiger partial charge in [0.05, 0.1) is 12.7 Å². The van der Waals surface area contributed by atoms with Gasteiger partial charge in [-0.2, -0.15) is 0 Å². The van der Waals surface area contributed by atoms with Gasteiger partial charge in [-0.05, 0) is 30.9 Å². The molecule has 1 fully saturated rings. The Balaban J connectivity index is 1.92. The number of halogens is 1. The highest BCUT2D eigenvalue weighted by molar-refractivity contribution is 9.10. The lowest BCUT2D eigenvalue weighted by atomic mass is 9.88. The molecular weight excluding hydrogens is 278 g/mol. The number of nitrogens with two attached hydrogens (primary N) is 1. The molecule has 0 spiro atoms. The SMILES string of the molecule is CC1CCCCC1OCc1ccc(Br)cc1N. The number of hydrogen-bond donors (Lipinski definition) is 1. The van der Waals surface area contributed by atoms with Crippen molar-refractivity contribution in [1.29, 1.82) is 0 Å². The molecule has 0 bridgehead atoms. The zero-order chi connectivity index (χ0) is 12.3. The lowest BCUT2D eigenvalue weighted by Gasteiger charge is -2.28. The summed E-state index contributed by atoms with van der Waals surface area (Å²) in [5.74, 6) is 0.681. The first kappa shape index (κ1) is 12.9. The van der Waals surface area contributed by atoms with Crippen LogP contribution in [0.1, 0.15) is 38.2 Å². The molecule has 2 atom stereocenters. The molecule has 1 saturated carbocycles. The molecule has 2 unspecified atom stereocenters. The normalized spacial score (nSPS) is 24.8. The number of ether oxygens (including phenoxy) is 1. The van der Waals surface area contributed by atoms with Crippen LogP contribution in [-0.2, 0) is 11.3 Å². The van der Waals surface area contributed by atoms with Crippen LogP contribution in [0.4, 0.5) is 5.69 Å². The monoisotopic (exact) mass is 297 g/mol. The van der Waals surface area contributed by atoms with Crippen LogP contribution < -0.4 is 5.73 Å². The third-order valence-electron chi connectivity index (χ3n) is 3.59. The van der Waals surface area contributed by atoms with Crippen LogP contribution in [0.2, 0.25) is 0 Å².